The lowest BCUT2D eigenvalue weighted by Gasteiger charge is -2.18. The van der Waals surface area contributed by atoms with Gasteiger partial charge >= 0.3 is 0 Å². The van der Waals surface area contributed by atoms with E-state index in [1.165, 1.54) is 12.1 Å². The van der Waals surface area contributed by atoms with Crippen LogP contribution in [0, 0.1) is 30.4 Å². The second kappa shape index (κ2) is 8.56. The average molecular weight is 491 g/mol. The summed E-state index contributed by atoms with van der Waals surface area (Å²) in [5, 5.41) is 3.03. The lowest BCUT2D eigenvalue weighted by atomic mass is 10.0. The number of benzene rings is 1. The first-order chi connectivity index (χ1) is 17.3. The molecule has 1 aliphatic carbocycles. The van der Waals surface area contributed by atoms with E-state index < -0.39 is 11.6 Å². The van der Waals surface area contributed by atoms with Crippen molar-refractivity contribution in [2.45, 2.75) is 39.4 Å². The minimum atomic E-state index is -0.550. The lowest BCUT2D eigenvalue weighted by Crippen LogP contribution is -2.27. The molecule has 8 nitrogen and oxygen atoms in total. The zero-order chi connectivity index (χ0) is 25.1. The standard InChI is InChI=1S/C26H28F2N8/c1-13(2)36-14(3)33-25-20(27)4-16(5-22(25)36)17-6-23(30-9-21(17)28)34-26-31-7-15(8-32-26)10-35-11-18-19(12-35)24(18)29/h4-9,13,18-19,24H,10-12,29H2,1-3H3,(H,30,31,32,34). The normalized spacial score (nSPS) is 21.4. The third kappa shape index (κ3) is 4.00. The average Bonchev–Trinajstić information content (AvgIpc) is 3.15. The van der Waals surface area contributed by atoms with Gasteiger partial charge in [0.25, 0.3) is 0 Å². The third-order valence-corrected chi connectivity index (χ3v) is 7.30. The van der Waals surface area contributed by atoms with E-state index in [0.717, 1.165) is 31.4 Å². The van der Waals surface area contributed by atoms with Crippen molar-refractivity contribution < 1.29 is 8.78 Å². The van der Waals surface area contributed by atoms with Crippen molar-refractivity contribution in [1.29, 1.82) is 0 Å². The minimum absolute atomic E-state index is 0.0815. The number of anilines is 2. The summed E-state index contributed by atoms with van der Waals surface area (Å²) in [5.74, 6) is 1.65. The van der Waals surface area contributed by atoms with Gasteiger partial charge < -0.3 is 15.6 Å². The number of nitrogens with two attached hydrogens (primary N) is 1. The second-order valence-electron chi connectivity index (χ2n) is 10.1. The molecule has 1 aromatic carbocycles. The Balaban J connectivity index is 1.23. The van der Waals surface area contributed by atoms with E-state index in [4.69, 9.17) is 5.73 Å². The SMILES string of the molecule is Cc1nc2c(F)cc(-c3cc(Nc4ncc(CN5CC6C(N)C6C5)cn4)ncc3F)cc2n1C(C)C. The molecule has 0 radical (unpaired) electrons. The van der Waals surface area contributed by atoms with Gasteiger partial charge in [0, 0.05) is 55.2 Å². The van der Waals surface area contributed by atoms with E-state index in [0.29, 0.717) is 46.5 Å². The van der Waals surface area contributed by atoms with Gasteiger partial charge in [-0.1, -0.05) is 0 Å². The predicted octanol–water partition coefficient (Wildman–Crippen LogP) is 4.19. The van der Waals surface area contributed by atoms with E-state index in [1.807, 2.05) is 25.3 Å². The number of rotatable bonds is 6. The first-order valence-corrected chi connectivity index (χ1v) is 12.2. The van der Waals surface area contributed by atoms with Gasteiger partial charge in [0.1, 0.15) is 23.0 Å². The van der Waals surface area contributed by atoms with Crippen molar-refractivity contribution in [3.05, 3.63) is 59.8 Å². The molecule has 1 aliphatic heterocycles. The van der Waals surface area contributed by atoms with Crippen LogP contribution in [0.15, 0.2) is 36.8 Å². The molecule has 186 valence electrons. The number of hydrogen-bond acceptors (Lipinski definition) is 7. The quantitative estimate of drug-likeness (QED) is 0.418. The third-order valence-electron chi connectivity index (χ3n) is 7.30. The summed E-state index contributed by atoms with van der Waals surface area (Å²) in [6, 6.07) is 5.06. The Morgan fingerprint density at radius 1 is 1.03 bits per heavy atom. The van der Waals surface area contributed by atoms with E-state index in [2.05, 4.69) is 30.2 Å². The highest BCUT2D eigenvalue weighted by Gasteiger charge is 2.53. The van der Waals surface area contributed by atoms with Crippen LogP contribution in [0.25, 0.3) is 22.2 Å². The molecule has 2 fully saturated rings. The highest BCUT2D eigenvalue weighted by Crippen LogP contribution is 2.44. The molecule has 0 amide bonds. The summed E-state index contributed by atoms with van der Waals surface area (Å²) in [4.78, 5) is 19.6. The van der Waals surface area contributed by atoms with Crippen molar-refractivity contribution >= 4 is 22.8 Å². The predicted molar refractivity (Wildman–Crippen MR) is 134 cm³/mol. The Morgan fingerprint density at radius 3 is 2.44 bits per heavy atom. The molecule has 2 atom stereocenters. The Bertz CT molecular complexity index is 1440. The number of piperidine rings is 1. The van der Waals surface area contributed by atoms with Crippen molar-refractivity contribution in [2.75, 3.05) is 18.4 Å². The number of nitrogens with one attached hydrogen (secondary N) is 1. The molecule has 1 saturated carbocycles. The largest absolute Gasteiger partial charge is 0.327 e. The molecule has 1 saturated heterocycles. The number of likely N-dealkylation sites (tertiary alicyclic amines) is 1. The van der Waals surface area contributed by atoms with Gasteiger partial charge in [-0.25, -0.2) is 28.7 Å². The van der Waals surface area contributed by atoms with Crippen molar-refractivity contribution in [3.63, 3.8) is 0 Å². The maximum absolute atomic E-state index is 14.9. The molecule has 2 aliphatic rings. The minimum Gasteiger partial charge on any atom is -0.327 e. The maximum Gasteiger partial charge on any atom is 0.228 e. The van der Waals surface area contributed by atoms with E-state index in [1.54, 1.807) is 18.5 Å². The van der Waals surface area contributed by atoms with Crippen molar-refractivity contribution in [2.24, 2.45) is 17.6 Å². The molecular weight excluding hydrogens is 462 g/mol. The van der Waals surface area contributed by atoms with Crippen LogP contribution in [0.4, 0.5) is 20.5 Å². The molecule has 6 rings (SSSR count). The maximum atomic E-state index is 14.9. The highest BCUT2D eigenvalue weighted by molar-refractivity contribution is 5.84. The van der Waals surface area contributed by atoms with Crippen LogP contribution in [-0.2, 0) is 6.54 Å². The summed E-state index contributed by atoms with van der Waals surface area (Å²) in [5.41, 5.74) is 8.57. The molecule has 3 N–H and O–H groups in total. The zero-order valence-electron chi connectivity index (χ0n) is 20.4. The van der Waals surface area contributed by atoms with Gasteiger partial charge in [0.05, 0.1) is 11.7 Å². The summed E-state index contributed by atoms with van der Waals surface area (Å²) in [6.07, 6.45) is 4.67. The van der Waals surface area contributed by atoms with E-state index >= 15 is 0 Å². The van der Waals surface area contributed by atoms with Crippen molar-refractivity contribution in [1.82, 2.24) is 29.4 Å². The molecule has 10 heteroatoms. The van der Waals surface area contributed by atoms with Crippen LogP contribution in [-0.4, -0.2) is 48.5 Å². The van der Waals surface area contributed by atoms with Gasteiger partial charge in [-0.05, 0) is 56.4 Å². The van der Waals surface area contributed by atoms with Crippen LogP contribution < -0.4 is 11.1 Å². The molecule has 0 spiro atoms. The number of aryl methyl sites for hydroxylation is 1. The fourth-order valence-corrected chi connectivity index (χ4v) is 5.47. The number of nitrogens with zero attached hydrogens (tertiary/aromatic N) is 6. The number of halogens is 2. The van der Waals surface area contributed by atoms with Gasteiger partial charge in [0.15, 0.2) is 5.82 Å². The van der Waals surface area contributed by atoms with Gasteiger partial charge in [-0.15, -0.1) is 0 Å². The zero-order valence-corrected chi connectivity index (χ0v) is 20.4. The molecule has 2 unspecified atom stereocenters. The fourth-order valence-electron chi connectivity index (χ4n) is 5.47. The molecule has 4 heterocycles. The Hall–Kier alpha value is -3.50. The first kappa shape index (κ1) is 22.9. The number of fused-ring (bicyclic) bond motifs is 2. The molecule has 4 aromatic rings. The smallest absolute Gasteiger partial charge is 0.228 e. The fraction of sp³-hybridized carbons (Fsp3) is 0.385. The Morgan fingerprint density at radius 2 is 1.75 bits per heavy atom. The second-order valence-corrected chi connectivity index (χ2v) is 10.1. The summed E-state index contributed by atoms with van der Waals surface area (Å²) in [7, 11) is 0. The van der Waals surface area contributed by atoms with Crippen LogP contribution in [0.1, 0.15) is 31.3 Å². The molecule has 0 bridgehead atoms. The number of pyridine rings is 1. The lowest BCUT2D eigenvalue weighted by molar-refractivity contribution is 0.289. The van der Waals surface area contributed by atoms with Crippen LogP contribution in [0.2, 0.25) is 0 Å². The van der Waals surface area contributed by atoms with Gasteiger partial charge in [-0.2, -0.15) is 0 Å². The monoisotopic (exact) mass is 490 g/mol. The van der Waals surface area contributed by atoms with Crippen LogP contribution in [0.3, 0.4) is 0 Å². The molecular formula is C26H28F2N8. The first-order valence-electron chi connectivity index (χ1n) is 12.2. The number of aromatic nitrogens is 5. The van der Waals surface area contributed by atoms with Crippen molar-refractivity contribution in [3.8, 4) is 11.1 Å². The van der Waals surface area contributed by atoms with Crippen LogP contribution >= 0.6 is 0 Å². The number of imidazole rings is 1. The van der Waals surface area contributed by atoms with E-state index in [-0.39, 0.29) is 17.1 Å². The highest BCUT2D eigenvalue weighted by atomic mass is 19.1. The Kier molecular flexibility index (Phi) is 5.45. The molecule has 3 aromatic heterocycles. The topological polar surface area (TPSA) is 97.8 Å². The van der Waals surface area contributed by atoms with E-state index in [9.17, 15) is 8.78 Å². The number of hydrogen-bond donors (Lipinski definition) is 2. The van der Waals surface area contributed by atoms with Gasteiger partial charge in [-0.3, -0.25) is 4.90 Å². The van der Waals surface area contributed by atoms with Gasteiger partial charge in [0.2, 0.25) is 5.95 Å². The van der Waals surface area contributed by atoms with Crippen LogP contribution in [0.5, 0.6) is 0 Å². The summed E-state index contributed by atoms with van der Waals surface area (Å²) >= 11 is 0. The molecule has 36 heavy (non-hydrogen) atoms. The Labute approximate surface area is 207 Å². The summed E-state index contributed by atoms with van der Waals surface area (Å²) in [6.45, 7) is 8.68. The summed E-state index contributed by atoms with van der Waals surface area (Å²) < 4.78 is 31.7.